The molecule has 0 aliphatic carbocycles. The van der Waals surface area contributed by atoms with Gasteiger partial charge in [-0.05, 0) is 41.5 Å². The van der Waals surface area contributed by atoms with Crippen molar-refractivity contribution in [2.24, 2.45) is 4.99 Å². The Morgan fingerprint density at radius 2 is 1.50 bits per heavy atom. The topological polar surface area (TPSA) is 86.2 Å². The zero-order chi connectivity index (χ0) is 16.0. The first kappa shape index (κ1) is 18.7. The quantitative estimate of drug-likeness (QED) is 0.455. The van der Waals surface area contributed by atoms with Crippen LogP contribution in [0, 0.1) is 0 Å². The van der Waals surface area contributed by atoms with Crippen LogP contribution in [0.5, 0.6) is 0 Å². The molecule has 0 unspecified atom stereocenters. The van der Waals surface area contributed by atoms with Gasteiger partial charge in [0, 0.05) is 0 Å². The lowest BCUT2D eigenvalue weighted by molar-refractivity contribution is 0.0564. The maximum Gasteiger partial charge on any atom is 0.436 e. The van der Waals surface area contributed by atoms with E-state index in [-0.39, 0.29) is 5.17 Å². The van der Waals surface area contributed by atoms with E-state index < -0.39 is 23.4 Å². The van der Waals surface area contributed by atoms with E-state index in [9.17, 15) is 9.59 Å². The van der Waals surface area contributed by atoms with E-state index in [1.54, 1.807) is 41.5 Å². The van der Waals surface area contributed by atoms with Gasteiger partial charge in [0.1, 0.15) is 11.2 Å². The molecule has 0 saturated carbocycles. The predicted molar refractivity (Wildman–Crippen MR) is 77.6 cm³/mol. The highest BCUT2D eigenvalue weighted by Gasteiger charge is 2.20. The Balaban J connectivity index is 4.72. The van der Waals surface area contributed by atoms with Crippen molar-refractivity contribution in [2.45, 2.75) is 52.7 Å². The van der Waals surface area contributed by atoms with Gasteiger partial charge in [0.15, 0.2) is 0 Å². The van der Waals surface area contributed by atoms with Gasteiger partial charge >= 0.3 is 12.2 Å². The first-order valence-electron chi connectivity index (χ1n) is 5.95. The molecule has 20 heavy (non-hydrogen) atoms. The summed E-state index contributed by atoms with van der Waals surface area (Å²) in [7, 11) is 1.38. The van der Waals surface area contributed by atoms with Gasteiger partial charge in [-0.2, -0.15) is 0 Å². The van der Waals surface area contributed by atoms with Crippen LogP contribution in [0.15, 0.2) is 4.99 Å². The van der Waals surface area contributed by atoms with Gasteiger partial charge < -0.3 is 13.7 Å². The van der Waals surface area contributed by atoms with Crippen molar-refractivity contribution in [3.05, 3.63) is 0 Å². The Hall–Kier alpha value is -1.28. The van der Waals surface area contributed by atoms with Crippen LogP contribution < -0.4 is 5.32 Å². The fraction of sp³-hybridized carbons (Fsp3) is 0.750. The molecule has 0 spiro atoms. The van der Waals surface area contributed by atoms with Crippen molar-refractivity contribution in [3.63, 3.8) is 0 Å². The Morgan fingerprint density at radius 1 is 1.00 bits per heavy atom. The number of hydrogen-bond acceptors (Lipinski definition) is 6. The molecule has 0 heterocycles. The highest BCUT2D eigenvalue weighted by Crippen LogP contribution is 2.11. The highest BCUT2D eigenvalue weighted by atomic mass is 32.2. The maximum absolute atomic E-state index is 11.6. The molecule has 0 aromatic rings. The van der Waals surface area contributed by atoms with E-state index in [0.29, 0.717) is 0 Å². The first-order valence-corrected chi connectivity index (χ1v) is 6.69. The summed E-state index contributed by atoms with van der Waals surface area (Å²) < 4.78 is 14.8. The lowest BCUT2D eigenvalue weighted by atomic mass is 10.2. The number of carbonyl (C=O) groups excluding carboxylic acids is 2. The molecule has 0 saturated heterocycles. The van der Waals surface area contributed by atoms with Crippen molar-refractivity contribution in [1.29, 1.82) is 0 Å². The van der Waals surface area contributed by atoms with E-state index in [1.165, 1.54) is 7.11 Å². The van der Waals surface area contributed by atoms with Gasteiger partial charge in [0.25, 0.3) is 0 Å². The summed E-state index contributed by atoms with van der Waals surface area (Å²) in [5.41, 5.74) is -1.33. The molecule has 0 radical (unpaired) electrons. The van der Waals surface area contributed by atoms with Crippen LogP contribution >= 0.6 is 12.0 Å². The normalized spacial score (nSPS) is 12.8. The minimum Gasteiger partial charge on any atom is -0.444 e. The Kier molecular flexibility index (Phi) is 7.01. The number of ether oxygens (including phenoxy) is 2. The molecule has 0 fully saturated rings. The maximum atomic E-state index is 11.6. The zero-order valence-corrected chi connectivity index (χ0v) is 13.7. The predicted octanol–water partition coefficient (Wildman–Crippen LogP) is 3.10. The number of amides is 2. The summed E-state index contributed by atoms with van der Waals surface area (Å²) in [6, 6.07) is 0. The number of alkyl carbamates (subject to hydrolysis) is 1. The number of amidine groups is 1. The minimum absolute atomic E-state index is 0.0593. The SMILES string of the molecule is COSC(=NC(=O)OC(C)(C)C)NC(=O)OC(C)(C)C. The van der Waals surface area contributed by atoms with Crippen LogP contribution in [0.4, 0.5) is 9.59 Å². The Labute approximate surface area is 123 Å². The molecular weight excluding hydrogens is 284 g/mol. The second-order valence-corrected chi connectivity index (χ2v) is 6.66. The molecule has 0 rings (SSSR count). The van der Waals surface area contributed by atoms with Crippen molar-refractivity contribution in [1.82, 2.24) is 5.32 Å². The van der Waals surface area contributed by atoms with Crippen LogP contribution in [-0.4, -0.2) is 35.7 Å². The minimum atomic E-state index is -0.826. The average molecular weight is 306 g/mol. The molecule has 1 N–H and O–H groups in total. The molecule has 8 heteroatoms. The van der Waals surface area contributed by atoms with Crippen LogP contribution in [0.25, 0.3) is 0 Å². The first-order chi connectivity index (χ1) is 8.93. The molecule has 0 aromatic heterocycles. The number of nitrogens with one attached hydrogen (secondary N) is 1. The number of carbonyl (C=O) groups is 2. The van der Waals surface area contributed by atoms with Crippen molar-refractivity contribution < 1.29 is 23.2 Å². The van der Waals surface area contributed by atoms with E-state index in [4.69, 9.17) is 13.7 Å². The van der Waals surface area contributed by atoms with Gasteiger partial charge in [-0.3, -0.25) is 5.32 Å². The fourth-order valence-electron chi connectivity index (χ4n) is 0.905. The fourth-order valence-corrected chi connectivity index (χ4v) is 1.30. The number of aliphatic imine (C=N–C) groups is 1. The third kappa shape index (κ3) is 10.6. The van der Waals surface area contributed by atoms with Crippen molar-refractivity contribution in [3.8, 4) is 0 Å². The van der Waals surface area contributed by atoms with Gasteiger partial charge in [-0.25, -0.2) is 9.59 Å². The second-order valence-electron chi connectivity index (χ2n) is 5.77. The molecule has 0 aromatic carbocycles. The van der Waals surface area contributed by atoms with Gasteiger partial charge in [0.2, 0.25) is 5.17 Å². The van der Waals surface area contributed by atoms with Crippen LogP contribution in [0.2, 0.25) is 0 Å². The second kappa shape index (κ2) is 7.49. The van der Waals surface area contributed by atoms with E-state index in [1.807, 2.05) is 0 Å². The van der Waals surface area contributed by atoms with Gasteiger partial charge in [0.05, 0.1) is 19.2 Å². The molecule has 7 nitrogen and oxygen atoms in total. The van der Waals surface area contributed by atoms with E-state index >= 15 is 0 Å². The molecule has 2 amide bonds. The third-order valence-corrected chi connectivity index (χ3v) is 1.87. The Morgan fingerprint density at radius 3 is 1.90 bits per heavy atom. The summed E-state index contributed by atoms with van der Waals surface area (Å²) in [5.74, 6) is 0. The zero-order valence-electron chi connectivity index (χ0n) is 12.9. The highest BCUT2D eigenvalue weighted by molar-refractivity contribution is 8.09. The molecule has 0 aliphatic rings. The van der Waals surface area contributed by atoms with E-state index in [0.717, 1.165) is 12.0 Å². The molecule has 0 atom stereocenters. The van der Waals surface area contributed by atoms with Gasteiger partial charge in [-0.1, -0.05) is 0 Å². The summed E-state index contributed by atoms with van der Waals surface area (Å²) in [6.45, 7) is 10.3. The number of hydrogen-bond donors (Lipinski definition) is 1. The number of rotatable bonds is 1. The third-order valence-electron chi connectivity index (χ3n) is 1.36. The standard InChI is InChI=1S/C12H22N2O5S/c1-11(2,3)18-9(15)13-8(20-17-7)14-10(16)19-12(4,5)6/h1-7H3,(H,13,14,15,16). The monoisotopic (exact) mass is 306 g/mol. The smallest absolute Gasteiger partial charge is 0.436 e. The van der Waals surface area contributed by atoms with Crippen molar-refractivity contribution in [2.75, 3.05) is 7.11 Å². The lowest BCUT2D eigenvalue weighted by Crippen LogP contribution is -2.36. The van der Waals surface area contributed by atoms with Crippen LogP contribution in [0.3, 0.4) is 0 Å². The summed E-state index contributed by atoms with van der Waals surface area (Å²) >= 11 is 0.722. The van der Waals surface area contributed by atoms with Crippen LogP contribution in [-0.2, 0) is 13.7 Å². The summed E-state index contributed by atoms with van der Waals surface area (Å²) in [4.78, 5) is 26.7. The van der Waals surface area contributed by atoms with Crippen LogP contribution in [0.1, 0.15) is 41.5 Å². The summed E-state index contributed by atoms with van der Waals surface area (Å²) in [5, 5.41) is 2.26. The molecule has 116 valence electrons. The lowest BCUT2D eigenvalue weighted by Gasteiger charge is -2.20. The van der Waals surface area contributed by atoms with Crippen molar-refractivity contribution >= 4 is 29.4 Å². The van der Waals surface area contributed by atoms with E-state index in [2.05, 4.69) is 10.3 Å². The molecular formula is C12H22N2O5S. The average Bonchev–Trinajstić information content (AvgIpc) is 2.10. The Bertz CT molecular complexity index is 382. The number of nitrogens with zero attached hydrogens (tertiary/aromatic N) is 1. The van der Waals surface area contributed by atoms with Gasteiger partial charge in [-0.15, -0.1) is 4.99 Å². The molecule has 0 bridgehead atoms. The molecule has 0 aliphatic heterocycles. The largest absolute Gasteiger partial charge is 0.444 e. The summed E-state index contributed by atoms with van der Waals surface area (Å²) in [6.07, 6.45) is -1.56.